The van der Waals surface area contributed by atoms with E-state index < -0.39 is 11.9 Å². The number of amides is 2. The van der Waals surface area contributed by atoms with Crippen LogP contribution in [-0.4, -0.2) is 36.0 Å². The van der Waals surface area contributed by atoms with E-state index in [0.717, 1.165) is 22.7 Å². The summed E-state index contributed by atoms with van der Waals surface area (Å²) in [6, 6.07) is 4.04. The highest BCUT2D eigenvalue weighted by Crippen LogP contribution is 2.34. The largest absolute Gasteiger partial charge is 0.459 e. The molecule has 0 aliphatic heterocycles. The van der Waals surface area contributed by atoms with Crippen LogP contribution >= 0.6 is 22.7 Å². The van der Waals surface area contributed by atoms with Crippen molar-refractivity contribution in [1.82, 2.24) is 0 Å². The minimum atomic E-state index is -0.546. The van der Waals surface area contributed by atoms with Gasteiger partial charge < -0.3 is 20.1 Å². The van der Waals surface area contributed by atoms with E-state index in [1.54, 1.807) is 41.5 Å². The summed E-state index contributed by atoms with van der Waals surface area (Å²) >= 11 is 1.99. The Bertz CT molecular complexity index is 1210. The number of anilines is 2. The molecule has 2 amide bonds. The van der Waals surface area contributed by atoms with Crippen molar-refractivity contribution in [2.75, 3.05) is 10.6 Å². The second-order valence-corrected chi connectivity index (χ2v) is 11.0. The third kappa shape index (κ3) is 7.88. The van der Waals surface area contributed by atoms with E-state index in [9.17, 15) is 29.7 Å². The monoisotopic (exact) mass is 558 g/mol. The molecular weight excluding hydrogens is 528 g/mol. The van der Waals surface area contributed by atoms with Gasteiger partial charge in [0.15, 0.2) is 0 Å². The number of nitriles is 2. The smallest absolute Gasteiger partial charge is 0.348 e. The lowest BCUT2D eigenvalue weighted by Gasteiger charge is -2.06. The first-order valence-corrected chi connectivity index (χ1v) is 13.6. The fourth-order valence-electron chi connectivity index (χ4n) is 3.35. The Hall–Kier alpha value is -3.74. The second kappa shape index (κ2) is 13.7. The number of esters is 2. The van der Waals surface area contributed by atoms with E-state index in [0.29, 0.717) is 24.0 Å². The predicted octanol–water partition coefficient (Wildman–Crippen LogP) is 5.44. The molecule has 2 N–H and O–H groups in total. The lowest BCUT2D eigenvalue weighted by molar-refractivity contribution is -0.118. The number of ether oxygens (including phenoxy) is 2. The molecule has 0 aliphatic carbocycles. The summed E-state index contributed by atoms with van der Waals surface area (Å²) < 4.78 is 10.4. The fourth-order valence-corrected chi connectivity index (χ4v) is 5.46. The number of rotatable bonds is 11. The molecule has 0 fully saturated rings. The SMILES string of the molecule is Cc1c(C(=O)OC(C)C)sc(NC(=O)CCCCC(=O)Nc2sc(C(=O)OC(C)C)c(C)c2C#N)c1C#N. The second-order valence-electron chi connectivity index (χ2n) is 8.96. The lowest BCUT2D eigenvalue weighted by atomic mass is 10.1. The van der Waals surface area contributed by atoms with Gasteiger partial charge >= 0.3 is 11.9 Å². The molecule has 0 atom stereocenters. The Morgan fingerprint density at radius 1 is 0.737 bits per heavy atom. The Labute approximate surface area is 229 Å². The van der Waals surface area contributed by atoms with Crippen molar-refractivity contribution < 1.29 is 28.7 Å². The van der Waals surface area contributed by atoms with Crippen molar-refractivity contribution >= 4 is 56.4 Å². The van der Waals surface area contributed by atoms with E-state index in [-0.39, 0.29) is 67.7 Å². The molecule has 0 aromatic carbocycles. The zero-order valence-corrected chi connectivity index (χ0v) is 23.8. The van der Waals surface area contributed by atoms with Crippen molar-refractivity contribution in [3.63, 3.8) is 0 Å². The van der Waals surface area contributed by atoms with Crippen LogP contribution in [0.2, 0.25) is 0 Å². The van der Waals surface area contributed by atoms with Gasteiger partial charge in [0.1, 0.15) is 31.9 Å². The van der Waals surface area contributed by atoms with Gasteiger partial charge in [0, 0.05) is 12.8 Å². The van der Waals surface area contributed by atoms with Gasteiger partial charge in [0.05, 0.1) is 23.3 Å². The molecule has 0 saturated carbocycles. The van der Waals surface area contributed by atoms with Crippen LogP contribution in [-0.2, 0) is 19.1 Å². The van der Waals surface area contributed by atoms with Crippen LogP contribution in [0, 0.1) is 36.5 Å². The van der Waals surface area contributed by atoms with Crippen LogP contribution in [0.1, 0.15) is 95.0 Å². The Morgan fingerprint density at radius 3 is 1.37 bits per heavy atom. The molecule has 2 aromatic rings. The van der Waals surface area contributed by atoms with E-state index in [1.807, 2.05) is 12.1 Å². The van der Waals surface area contributed by atoms with Crippen molar-refractivity contribution in [3.8, 4) is 12.1 Å². The maximum Gasteiger partial charge on any atom is 0.348 e. The minimum absolute atomic E-state index is 0.105. The summed E-state index contributed by atoms with van der Waals surface area (Å²) in [5.74, 6) is -1.79. The summed E-state index contributed by atoms with van der Waals surface area (Å²) in [5.41, 5.74) is 1.34. The van der Waals surface area contributed by atoms with Gasteiger partial charge in [0.25, 0.3) is 0 Å². The summed E-state index contributed by atoms with van der Waals surface area (Å²) in [4.78, 5) is 50.0. The predicted molar refractivity (Wildman–Crippen MR) is 144 cm³/mol. The molecule has 12 heteroatoms. The number of carbonyl (C=O) groups is 4. The molecule has 202 valence electrons. The number of nitrogens with one attached hydrogen (secondary N) is 2. The standard InChI is InChI=1S/C26H30N4O6S2/c1-13(2)35-25(33)21-15(5)17(11-27)23(37-21)29-19(31)9-7-8-10-20(32)30-24-18(12-28)16(6)22(38-24)26(34)36-14(3)4/h13-14H,7-10H2,1-6H3,(H,29,31)(H,30,32). The average molecular weight is 559 g/mol. The van der Waals surface area contributed by atoms with E-state index in [2.05, 4.69) is 10.6 Å². The van der Waals surface area contributed by atoms with E-state index >= 15 is 0 Å². The number of unbranched alkanes of at least 4 members (excludes halogenated alkanes) is 1. The van der Waals surface area contributed by atoms with Gasteiger partial charge in [-0.2, -0.15) is 10.5 Å². The Kier molecular flexibility index (Phi) is 11.0. The van der Waals surface area contributed by atoms with Gasteiger partial charge in [-0.15, -0.1) is 22.7 Å². The summed E-state index contributed by atoms with van der Waals surface area (Å²) in [6.07, 6.45) is 0.371. The number of thiophene rings is 2. The molecule has 2 aromatic heterocycles. The summed E-state index contributed by atoms with van der Waals surface area (Å²) in [6.45, 7) is 10.1. The van der Waals surface area contributed by atoms with Crippen LogP contribution in [0.5, 0.6) is 0 Å². The molecule has 0 bridgehead atoms. The average Bonchev–Trinajstić information content (AvgIpc) is 3.31. The quantitative estimate of drug-likeness (QED) is 0.272. The summed E-state index contributed by atoms with van der Waals surface area (Å²) in [5, 5.41) is 24.9. The molecule has 0 spiro atoms. The molecule has 2 heterocycles. The minimum Gasteiger partial charge on any atom is -0.459 e. The molecule has 38 heavy (non-hydrogen) atoms. The Morgan fingerprint density at radius 2 is 1.08 bits per heavy atom. The third-order valence-corrected chi connectivity index (χ3v) is 7.51. The maximum atomic E-state index is 12.4. The lowest BCUT2D eigenvalue weighted by Crippen LogP contribution is -2.13. The molecule has 0 aliphatic rings. The van der Waals surface area contributed by atoms with Gasteiger partial charge in [-0.25, -0.2) is 9.59 Å². The first-order chi connectivity index (χ1) is 17.9. The third-order valence-electron chi connectivity index (χ3n) is 5.14. The van der Waals surface area contributed by atoms with Crippen LogP contribution in [0.15, 0.2) is 0 Å². The van der Waals surface area contributed by atoms with Crippen molar-refractivity contribution in [2.24, 2.45) is 0 Å². The Balaban J connectivity index is 1.91. The number of hydrogen-bond donors (Lipinski definition) is 2. The molecule has 0 radical (unpaired) electrons. The molecular formula is C26H30N4O6S2. The van der Waals surface area contributed by atoms with Crippen LogP contribution in [0.4, 0.5) is 10.0 Å². The van der Waals surface area contributed by atoms with Gasteiger partial charge in [-0.05, 0) is 65.5 Å². The highest BCUT2D eigenvalue weighted by atomic mass is 32.1. The topological polar surface area (TPSA) is 158 Å². The molecule has 2 rings (SSSR count). The van der Waals surface area contributed by atoms with Crippen LogP contribution in [0.3, 0.4) is 0 Å². The first kappa shape index (κ1) is 30.5. The van der Waals surface area contributed by atoms with Crippen molar-refractivity contribution in [2.45, 2.75) is 79.4 Å². The zero-order chi connectivity index (χ0) is 28.6. The highest BCUT2D eigenvalue weighted by molar-refractivity contribution is 7.19. The first-order valence-electron chi connectivity index (χ1n) is 12.0. The van der Waals surface area contributed by atoms with Crippen LogP contribution < -0.4 is 10.6 Å². The van der Waals surface area contributed by atoms with Crippen molar-refractivity contribution in [1.29, 1.82) is 10.5 Å². The molecule has 0 unspecified atom stereocenters. The summed E-state index contributed by atoms with van der Waals surface area (Å²) in [7, 11) is 0. The number of nitrogens with zero attached hydrogens (tertiary/aromatic N) is 2. The van der Waals surface area contributed by atoms with Gasteiger partial charge in [0.2, 0.25) is 11.8 Å². The van der Waals surface area contributed by atoms with Crippen molar-refractivity contribution in [3.05, 3.63) is 32.0 Å². The van der Waals surface area contributed by atoms with E-state index in [1.165, 1.54) is 0 Å². The van der Waals surface area contributed by atoms with Gasteiger partial charge in [-0.1, -0.05) is 0 Å². The van der Waals surface area contributed by atoms with Gasteiger partial charge in [-0.3, -0.25) is 9.59 Å². The molecule has 10 nitrogen and oxygen atoms in total. The highest BCUT2D eigenvalue weighted by Gasteiger charge is 2.24. The number of hydrogen-bond acceptors (Lipinski definition) is 10. The maximum absolute atomic E-state index is 12.4. The normalized spacial score (nSPS) is 10.6. The number of carbonyl (C=O) groups excluding carboxylic acids is 4. The fraction of sp³-hybridized carbons (Fsp3) is 0.462. The molecule has 0 saturated heterocycles. The zero-order valence-electron chi connectivity index (χ0n) is 22.1. The van der Waals surface area contributed by atoms with Crippen LogP contribution in [0.25, 0.3) is 0 Å². The van der Waals surface area contributed by atoms with E-state index in [4.69, 9.17) is 9.47 Å².